The summed E-state index contributed by atoms with van der Waals surface area (Å²) in [6.45, 7) is 0.534. The van der Waals surface area contributed by atoms with E-state index in [0.717, 1.165) is 11.1 Å². The fraction of sp³-hybridized carbons (Fsp3) is 0.235. The highest BCUT2D eigenvalue weighted by Gasteiger charge is 2.13. The van der Waals surface area contributed by atoms with Gasteiger partial charge in [0.2, 0.25) is 5.91 Å². The molecule has 2 aromatic rings. The van der Waals surface area contributed by atoms with Crippen molar-refractivity contribution in [2.45, 2.75) is 18.9 Å². The number of aromatic hydroxyl groups is 1. The predicted octanol–water partition coefficient (Wildman–Crippen LogP) is 1.62. The first-order valence-electron chi connectivity index (χ1n) is 7.00. The molecule has 4 heteroatoms. The maximum Gasteiger partial charge on any atom is 0.237 e. The molecule has 0 spiro atoms. The lowest BCUT2D eigenvalue weighted by molar-refractivity contribution is -0.122. The van der Waals surface area contributed by atoms with Crippen molar-refractivity contribution in [1.29, 1.82) is 0 Å². The number of nitrogens with one attached hydrogen (secondary N) is 1. The van der Waals surface area contributed by atoms with Crippen molar-refractivity contribution in [3.63, 3.8) is 0 Å². The van der Waals surface area contributed by atoms with Crippen molar-refractivity contribution in [3.05, 3.63) is 65.7 Å². The summed E-state index contributed by atoms with van der Waals surface area (Å²) in [6.07, 6.45) is 1.25. The second-order valence-electron chi connectivity index (χ2n) is 5.00. The summed E-state index contributed by atoms with van der Waals surface area (Å²) in [7, 11) is 0. The van der Waals surface area contributed by atoms with Gasteiger partial charge in [-0.3, -0.25) is 4.79 Å². The number of hydrogen-bond donors (Lipinski definition) is 3. The first-order valence-corrected chi connectivity index (χ1v) is 7.00. The number of carbonyl (C=O) groups excluding carboxylic acids is 1. The summed E-state index contributed by atoms with van der Waals surface area (Å²) in [5.41, 5.74) is 8.02. The molecule has 0 heterocycles. The third kappa shape index (κ3) is 4.93. The molecule has 0 aromatic heterocycles. The molecule has 0 aliphatic heterocycles. The minimum absolute atomic E-state index is 0.141. The summed E-state index contributed by atoms with van der Waals surface area (Å²) in [4.78, 5) is 11.9. The van der Waals surface area contributed by atoms with Crippen LogP contribution in [0.3, 0.4) is 0 Å². The van der Waals surface area contributed by atoms with Crippen LogP contribution in [0.25, 0.3) is 0 Å². The van der Waals surface area contributed by atoms with Crippen molar-refractivity contribution in [2.24, 2.45) is 5.73 Å². The summed E-state index contributed by atoms with van der Waals surface area (Å²) in [6, 6.07) is 16.1. The van der Waals surface area contributed by atoms with Crippen molar-refractivity contribution < 1.29 is 9.90 Å². The highest BCUT2D eigenvalue weighted by atomic mass is 16.3. The molecule has 1 atom stereocenters. The Morgan fingerprint density at radius 1 is 1.05 bits per heavy atom. The van der Waals surface area contributed by atoms with Crippen LogP contribution in [-0.4, -0.2) is 23.6 Å². The van der Waals surface area contributed by atoms with Gasteiger partial charge >= 0.3 is 0 Å². The quantitative estimate of drug-likeness (QED) is 0.754. The average molecular weight is 284 g/mol. The van der Waals surface area contributed by atoms with Crippen LogP contribution in [0.5, 0.6) is 5.75 Å². The van der Waals surface area contributed by atoms with E-state index in [4.69, 9.17) is 5.73 Å². The van der Waals surface area contributed by atoms with Crippen LogP contribution in [0.4, 0.5) is 0 Å². The van der Waals surface area contributed by atoms with Crippen LogP contribution < -0.4 is 11.1 Å². The molecule has 0 saturated carbocycles. The summed E-state index contributed by atoms with van der Waals surface area (Å²) >= 11 is 0. The van der Waals surface area contributed by atoms with Crippen LogP contribution in [0.1, 0.15) is 11.1 Å². The number of nitrogens with two attached hydrogens (primary N) is 1. The van der Waals surface area contributed by atoms with Crippen LogP contribution in [-0.2, 0) is 17.6 Å². The van der Waals surface area contributed by atoms with Gasteiger partial charge in [-0.2, -0.15) is 0 Å². The molecule has 2 aromatic carbocycles. The molecule has 110 valence electrons. The van der Waals surface area contributed by atoms with Gasteiger partial charge in [0.05, 0.1) is 6.04 Å². The van der Waals surface area contributed by atoms with Gasteiger partial charge in [-0.25, -0.2) is 0 Å². The largest absolute Gasteiger partial charge is 0.508 e. The number of amides is 1. The number of phenolic OH excluding ortho intramolecular Hbond substituents is 1. The molecular formula is C17H20N2O2. The van der Waals surface area contributed by atoms with Gasteiger partial charge in [0, 0.05) is 6.54 Å². The Balaban J connectivity index is 1.75. The molecule has 0 aliphatic carbocycles. The predicted molar refractivity (Wildman–Crippen MR) is 82.9 cm³/mol. The number of benzene rings is 2. The average Bonchev–Trinajstić information content (AvgIpc) is 2.50. The smallest absolute Gasteiger partial charge is 0.237 e. The van der Waals surface area contributed by atoms with Gasteiger partial charge in [-0.05, 0) is 36.1 Å². The Bertz CT molecular complexity index is 567. The number of phenols is 1. The second-order valence-corrected chi connectivity index (χ2v) is 5.00. The van der Waals surface area contributed by atoms with Gasteiger partial charge in [0.15, 0.2) is 0 Å². The first kappa shape index (κ1) is 15.1. The number of hydrogen-bond acceptors (Lipinski definition) is 3. The van der Waals surface area contributed by atoms with Gasteiger partial charge < -0.3 is 16.2 Å². The van der Waals surface area contributed by atoms with Gasteiger partial charge in [-0.15, -0.1) is 0 Å². The molecule has 0 bridgehead atoms. The minimum atomic E-state index is -0.535. The van der Waals surface area contributed by atoms with Crippen molar-refractivity contribution >= 4 is 5.91 Å². The Labute approximate surface area is 124 Å². The Morgan fingerprint density at radius 2 is 1.71 bits per heavy atom. The molecule has 1 amide bonds. The zero-order valence-corrected chi connectivity index (χ0v) is 11.8. The Hall–Kier alpha value is -2.33. The topological polar surface area (TPSA) is 75.4 Å². The van der Waals surface area contributed by atoms with Gasteiger partial charge in [0.1, 0.15) is 5.75 Å². The van der Waals surface area contributed by atoms with E-state index in [0.29, 0.717) is 19.4 Å². The molecular weight excluding hydrogens is 264 g/mol. The van der Waals surface area contributed by atoms with Crippen LogP contribution in [0, 0.1) is 0 Å². The monoisotopic (exact) mass is 284 g/mol. The Kier molecular flexibility index (Phi) is 5.35. The van der Waals surface area contributed by atoms with Crippen molar-refractivity contribution in [3.8, 4) is 5.75 Å². The molecule has 0 aliphatic rings. The molecule has 4 N–H and O–H groups in total. The highest BCUT2D eigenvalue weighted by molar-refractivity contribution is 5.81. The standard InChI is InChI=1S/C17H20N2O2/c18-16(12-14-4-2-1-3-5-14)17(21)19-11-10-13-6-8-15(20)9-7-13/h1-9,16,20H,10-12,18H2,(H,19,21). The van der Waals surface area contributed by atoms with Crippen LogP contribution in [0.15, 0.2) is 54.6 Å². The lowest BCUT2D eigenvalue weighted by Gasteiger charge is -2.12. The van der Waals surface area contributed by atoms with E-state index in [1.54, 1.807) is 12.1 Å². The molecule has 0 radical (unpaired) electrons. The molecule has 1 unspecified atom stereocenters. The molecule has 2 rings (SSSR count). The zero-order valence-electron chi connectivity index (χ0n) is 11.8. The first-order chi connectivity index (χ1) is 10.1. The summed E-state index contributed by atoms with van der Waals surface area (Å²) < 4.78 is 0. The van der Waals surface area contributed by atoms with Crippen LogP contribution in [0.2, 0.25) is 0 Å². The summed E-state index contributed by atoms with van der Waals surface area (Å²) in [5.74, 6) is 0.102. The SMILES string of the molecule is NC(Cc1ccccc1)C(=O)NCCc1ccc(O)cc1. The maximum atomic E-state index is 11.9. The van der Waals surface area contributed by atoms with E-state index in [1.807, 2.05) is 42.5 Å². The van der Waals surface area contributed by atoms with E-state index in [1.165, 1.54) is 0 Å². The van der Waals surface area contributed by atoms with E-state index in [-0.39, 0.29) is 11.7 Å². The summed E-state index contributed by atoms with van der Waals surface area (Å²) in [5, 5.41) is 12.0. The maximum absolute atomic E-state index is 11.9. The van der Waals surface area contributed by atoms with Crippen molar-refractivity contribution in [1.82, 2.24) is 5.32 Å². The highest BCUT2D eigenvalue weighted by Crippen LogP contribution is 2.09. The molecule has 0 fully saturated rings. The van der Waals surface area contributed by atoms with E-state index < -0.39 is 6.04 Å². The van der Waals surface area contributed by atoms with Crippen LogP contribution >= 0.6 is 0 Å². The minimum Gasteiger partial charge on any atom is -0.508 e. The number of rotatable bonds is 6. The fourth-order valence-corrected chi connectivity index (χ4v) is 2.08. The fourth-order valence-electron chi connectivity index (χ4n) is 2.08. The third-order valence-electron chi connectivity index (χ3n) is 3.28. The van der Waals surface area contributed by atoms with E-state index >= 15 is 0 Å². The zero-order chi connectivity index (χ0) is 15.1. The molecule has 4 nitrogen and oxygen atoms in total. The number of carbonyl (C=O) groups is 1. The van der Waals surface area contributed by atoms with Crippen molar-refractivity contribution in [2.75, 3.05) is 6.54 Å². The third-order valence-corrected chi connectivity index (χ3v) is 3.28. The second kappa shape index (κ2) is 7.45. The molecule has 0 saturated heterocycles. The normalized spacial score (nSPS) is 11.9. The Morgan fingerprint density at radius 3 is 2.38 bits per heavy atom. The molecule has 21 heavy (non-hydrogen) atoms. The van der Waals surface area contributed by atoms with Gasteiger partial charge in [0.25, 0.3) is 0 Å². The van der Waals surface area contributed by atoms with E-state index in [9.17, 15) is 9.90 Å². The van der Waals surface area contributed by atoms with E-state index in [2.05, 4.69) is 5.32 Å². The van der Waals surface area contributed by atoms with Gasteiger partial charge in [-0.1, -0.05) is 42.5 Å². The lowest BCUT2D eigenvalue weighted by atomic mass is 10.1. The lowest BCUT2D eigenvalue weighted by Crippen LogP contribution is -2.42.